The molecule has 36 heavy (non-hydrogen) atoms. The number of aliphatic hydroxyl groups excluding tert-OH is 1. The van der Waals surface area contributed by atoms with Crippen molar-refractivity contribution in [2.75, 3.05) is 26.7 Å². The Morgan fingerprint density at radius 1 is 1.33 bits per heavy atom. The van der Waals surface area contributed by atoms with Gasteiger partial charge >= 0.3 is 0 Å². The Bertz CT molecular complexity index is 1110. The highest BCUT2D eigenvalue weighted by Crippen LogP contribution is 2.30. The molecule has 1 aliphatic heterocycles. The summed E-state index contributed by atoms with van der Waals surface area (Å²) in [5, 5.41) is 20.5. The molecule has 2 aromatic rings. The van der Waals surface area contributed by atoms with Crippen LogP contribution in [0.4, 0.5) is 0 Å². The third-order valence-corrected chi connectivity index (χ3v) is 7.06. The van der Waals surface area contributed by atoms with Crippen LogP contribution >= 0.6 is 0 Å². The molecular weight excluding hydrogens is 456 g/mol. The highest BCUT2D eigenvalue weighted by atomic mass is 16.5. The van der Waals surface area contributed by atoms with Crippen molar-refractivity contribution in [1.82, 2.24) is 19.8 Å². The van der Waals surface area contributed by atoms with Gasteiger partial charge in [-0.3, -0.25) is 14.7 Å². The predicted molar refractivity (Wildman–Crippen MR) is 136 cm³/mol. The van der Waals surface area contributed by atoms with Crippen LogP contribution in [0.1, 0.15) is 61.0 Å². The van der Waals surface area contributed by atoms with Gasteiger partial charge in [0, 0.05) is 49.7 Å². The van der Waals surface area contributed by atoms with Crippen LogP contribution in [0.2, 0.25) is 0 Å². The van der Waals surface area contributed by atoms with Crippen molar-refractivity contribution in [2.45, 2.75) is 63.8 Å². The van der Waals surface area contributed by atoms with E-state index in [2.05, 4.69) is 33.6 Å². The molecule has 1 aliphatic carbocycles. The summed E-state index contributed by atoms with van der Waals surface area (Å²) in [6, 6.07) is 5.30. The van der Waals surface area contributed by atoms with E-state index in [1.165, 1.54) is 0 Å². The number of likely N-dealkylation sites (N-methyl/N-ethyl adjacent to an activating group) is 1. The van der Waals surface area contributed by atoms with Crippen LogP contribution in [0.25, 0.3) is 0 Å². The number of carbonyl (C=O) groups is 1. The molecule has 8 nitrogen and oxygen atoms in total. The highest BCUT2D eigenvalue weighted by molar-refractivity contribution is 5.97. The largest absolute Gasteiger partial charge is 0.472 e. The molecule has 0 spiro atoms. The number of nitrogens with zero attached hydrogens (tertiary/aromatic N) is 4. The fourth-order valence-corrected chi connectivity index (χ4v) is 4.84. The quantitative estimate of drug-likeness (QED) is 0.598. The van der Waals surface area contributed by atoms with E-state index in [4.69, 9.17) is 4.74 Å². The normalized spacial score (nSPS) is 22.2. The van der Waals surface area contributed by atoms with E-state index in [0.717, 1.165) is 18.4 Å². The van der Waals surface area contributed by atoms with E-state index in [0.29, 0.717) is 43.6 Å². The first kappa shape index (κ1) is 26.1. The second-order valence-electron chi connectivity index (χ2n) is 10.2. The molecular formula is C28H36N4O4. The van der Waals surface area contributed by atoms with Crippen LogP contribution in [0.3, 0.4) is 0 Å². The second-order valence-corrected chi connectivity index (χ2v) is 10.2. The Balaban J connectivity index is 1.61. The van der Waals surface area contributed by atoms with Crippen LogP contribution in [0.5, 0.6) is 5.88 Å². The highest BCUT2D eigenvalue weighted by Gasteiger charge is 2.34. The molecule has 0 radical (unpaired) electrons. The van der Waals surface area contributed by atoms with Gasteiger partial charge in [0.2, 0.25) is 5.88 Å². The molecule has 1 amide bonds. The predicted octanol–water partition coefficient (Wildman–Crippen LogP) is 2.49. The molecule has 1 fully saturated rings. The van der Waals surface area contributed by atoms with Gasteiger partial charge in [0.1, 0.15) is 17.3 Å². The standard InChI is InChI=1S/C28H36N4O4/c1-20-16-32(21(2)19-33)27(34)24-13-22(8-11-28(35)9-4-5-10-28)15-30-26(24)36-25(20)18-31(3)17-23-7-6-12-29-14-23/h6-7,12-15,20-21,25,33,35H,4-5,9-10,16-19H2,1-3H3/t20-,21-,25-/m1/s1. The lowest BCUT2D eigenvalue weighted by atomic mass is 9.99. The number of rotatable bonds is 6. The molecule has 8 heteroatoms. The van der Waals surface area contributed by atoms with Gasteiger partial charge in [-0.2, -0.15) is 0 Å². The number of aliphatic hydroxyl groups is 2. The topological polar surface area (TPSA) is 99.0 Å². The van der Waals surface area contributed by atoms with Crippen molar-refractivity contribution in [3.05, 3.63) is 53.5 Å². The Morgan fingerprint density at radius 3 is 2.81 bits per heavy atom. The molecule has 4 rings (SSSR count). The van der Waals surface area contributed by atoms with Gasteiger partial charge in [-0.1, -0.05) is 24.8 Å². The van der Waals surface area contributed by atoms with Crippen molar-refractivity contribution < 1.29 is 19.7 Å². The number of amides is 1. The lowest BCUT2D eigenvalue weighted by molar-refractivity contribution is 0.0325. The van der Waals surface area contributed by atoms with E-state index >= 15 is 0 Å². The van der Waals surface area contributed by atoms with E-state index < -0.39 is 5.60 Å². The molecule has 3 atom stereocenters. The smallest absolute Gasteiger partial charge is 0.259 e. The third-order valence-electron chi connectivity index (χ3n) is 7.06. The zero-order valence-electron chi connectivity index (χ0n) is 21.4. The number of pyridine rings is 2. The van der Waals surface area contributed by atoms with Crippen molar-refractivity contribution >= 4 is 5.91 Å². The fraction of sp³-hybridized carbons (Fsp3) is 0.536. The minimum Gasteiger partial charge on any atom is -0.472 e. The zero-order chi connectivity index (χ0) is 25.7. The SMILES string of the molecule is C[C@@H]1CN([C@H](C)CO)C(=O)c2cc(C#CC3(O)CCCC3)cnc2O[C@@H]1CN(C)Cc1cccnc1. The summed E-state index contributed by atoms with van der Waals surface area (Å²) in [7, 11) is 2.03. The van der Waals surface area contributed by atoms with Gasteiger partial charge in [0.25, 0.3) is 5.91 Å². The first-order valence-electron chi connectivity index (χ1n) is 12.7. The van der Waals surface area contributed by atoms with Crippen molar-refractivity contribution in [3.63, 3.8) is 0 Å². The van der Waals surface area contributed by atoms with E-state index in [9.17, 15) is 15.0 Å². The van der Waals surface area contributed by atoms with E-state index in [-0.39, 0.29) is 36.5 Å². The third kappa shape index (κ3) is 6.22. The molecule has 2 N–H and O–H groups in total. The molecule has 1 saturated carbocycles. The Labute approximate surface area is 213 Å². The van der Waals surface area contributed by atoms with Gasteiger partial charge in [-0.25, -0.2) is 4.98 Å². The summed E-state index contributed by atoms with van der Waals surface area (Å²) in [4.78, 5) is 26.1. The first-order chi connectivity index (χ1) is 17.3. The first-order valence-corrected chi connectivity index (χ1v) is 12.7. The maximum absolute atomic E-state index is 13.6. The summed E-state index contributed by atoms with van der Waals surface area (Å²) in [5.74, 6) is 6.04. The van der Waals surface area contributed by atoms with Gasteiger partial charge < -0.3 is 19.8 Å². The van der Waals surface area contributed by atoms with Crippen LogP contribution in [0, 0.1) is 17.8 Å². The van der Waals surface area contributed by atoms with Gasteiger partial charge in [-0.05, 0) is 57.4 Å². The second kappa shape index (κ2) is 11.4. The van der Waals surface area contributed by atoms with E-state index in [1.54, 1.807) is 23.4 Å². The number of aromatic nitrogens is 2. The Morgan fingerprint density at radius 2 is 2.11 bits per heavy atom. The van der Waals surface area contributed by atoms with Crippen molar-refractivity contribution in [2.24, 2.45) is 5.92 Å². The molecule has 0 saturated heterocycles. The lowest BCUT2D eigenvalue weighted by Crippen LogP contribution is -2.49. The lowest BCUT2D eigenvalue weighted by Gasteiger charge is -2.37. The van der Waals surface area contributed by atoms with Crippen molar-refractivity contribution in [1.29, 1.82) is 0 Å². The summed E-state index contributed by atoms with van der Waals surface area (Å²) in [5.41, 5.74) is 1.02. The van der Waals surface area contributed by atoms with Crippen LogP contribution < -0.4 is 4.74 Å². The molecule has 2 aliphatic rings. The average molecular weight is 493 g/mol. The van der Waals surface area contributed by atoms with Crippen molar-refractivity contribution in [3.8, 4) is 17.7 Å². The average Bonchev–Trinajstić information content (AvgIpc) is 3.31. The monoisotopic (exact) mass is 492 g/mol. The molecule has 0 aromatic carbocycles. The molecule has 192 valence electrons. The minimum atomic E-state index is -0.971. The fourth-order valence-electron chi connectivity index (χ4n) is 4.84. The van der Waals surface area contributed by atoms with E-state index in [1.807, 2.05) is 32.3 Å². The Kier molecular flexibility index (Phi) is 8.24. The number of hydrogen-bond acceptors (Lipinski definition) is 7. The van der Waals surface area contributed by atoms with Gasteiger partial charge in [-0.15, -0.1) is 0 Å². The minimum absolute atomic E-state index is 0.00494. The number of ether oxygens (including phenoxy) is 1. The number of carbonyl (C=O) groups excluding carboxylic acids is 1. The molecule has 0 unspecified atom stereocenters. The molecule has 3 heterocycles. The summed E-state index contributed by atoms with van der Waals surface area (Å²) >= 11 is 0. The molecule has 2 aromatic heterocycles. The van der Waals surface area contributed by atoms with Gasteiger partial charge in [0.15, 0.2) is 0 Å². The zero-order valence-corrected chi connectivity index (χ0v) is 21.4. The maximum atomic E-state index is 13.6. The molecule has 0 bridgehead atoms. The Hall–Kier alpha value is -2.99. The summed E-state index contributed by atoms with van der Waals surface area (Å²) in [6.07, 6.45) is 8.22. The van der Waals surface area contributed by atoms with Crippen LogP contribution in [-0.2, 0) is 6.54 Å². The van der Waals surface area contributed by atoms with Crippen LogP contribution in [-0.4, -0.2) is 80.4 Å². The van der Waals surface area contributed by atoms with Crippen LogP contribution in [0.15, 0.2) is 36.8 Å². The maximum Gasteiger partial charge on any atom is 0.259 e. The summed E-state index contributed by atoms with van der Waals surface area (Å²) in [6.45, 7) is 5.54. The van der Waals surface area contributed by atoms with Gasteiger partial charge in [0.05, 0.1) is 12.6 Å². The number of hydrogen-bond donors (Lipinski definition) is 2. The summed E-state index contributed by atoms with van der Waals surface area (Å²) < 4.78 is 6.37. The number of fused-ring (bicyclic) bond motifs is 1.